The van der Waals surface area contributed by atoms with Crippen LogP contribution >= 0.6 is 0 Å². The number of carbonyl (C=O) groups is 1. The van der Waals surface area contributed by atoms with Gasteiger partial charge in [0.15, 0.2) is 4.86 Å². The van der Waals surface area contributed by atoms with E-state index >= 15 is 0 Å². The van der Waals surface area contributed by atoms with Gasteiger partial charge < -0.3 is 4.74 Å². The van der Waals surface area contributed by atoms with Crippen LogP contribution in [0.1, 0.15) is 12.5 Å². The Kier molecular flexibility index (Phi) is 6.49. The van der Waals surface area contributed by atoms with Crippen LogP contribution in [0.3, 0.4) is 0 Å². The summed E-state index contributed by atoms with van der Waals surface area (Å²) >= 11 is 0. The zero-order valence-electron chi connectivity index (χ0n) is 13.6. The van der Waals surface area contributed by atoms with Gasteiger partial charge in [0.2, 0.25) is 10.3 Å². The van der Waals surface area contributed by atoms with Gasteiger partial charge in [0, 0.05) is 5.56 Å². The van der Waals surface area contributed by atoms with Crippen LogP contribution in [0.15, 0.2) is 48.5 Å². The Bertz CT molecular complexity index is 979. The molecule has 134 valence electrons. The monoisotopic (exact) mass is 375 g/mol. The first-order valence-corrected chi connectivity index (χ1v) is 8.39. The van der Waals surface area contributed by atoms with Gasteiger partial charge in [0.05, 0.1) is 5.69 Å². The SMILES string of the molecule is CC#CCOc1ccc(N(O)C(=O)C(c2ccc(F)cc2)=S(=O)=O)cc1. The second-order valence-corrected chi connectivity index (χ2v) is 5.77. The average Bonchev–Trinajstić information content (AvgIpc) is 2.63. The van der Waals surface area contributed by atoms with Crippen LogP contribution < -0.4 is 9.80 Å². The molecule has 0 bridgehead atoms. The summed E-state index contributed by atoms with van der Waals surface area (Å²) in [6.07, 6.45) is 0. The maximum absolute atomic E-state index is 13.0. The molecule has 0 spiro atoms. The summed E-state index contributed by atoms with van der Waals surface area (Å²) < 4.78 is 41.2. The summed E-state index contributed by atoms with van der Waals surface area (Å²) in [4.78, 5) is 11.7. The maximum Gasteiger partial charge on any atom is 0.298 e. The van der Waals surface area contributed by atoms with Crippen LogP contribution in [0.25, 0.3) is 0 Å². The molecule has 0 aliphatic rings. The molecule has 0 unspecified atom stereocenters. The summed E-state index contributed by atoms with van der Waals surface area (Å²) in [5.74, 6) is 4.10. The first-order valence-electron chi connectivity index (χ1n) is 7.32. The highest BCUT2D eigenvalue weighted by molar-refractivity contribution is 7.75. The van der Waals surface area contributed by atoms with Crippen LogP contribution in [0.2, 0.25) is 0 Å². The van der Waals surface area contributed by atoms with E-state index in [9.17, 15) is 22.8 Å². The second-order valence-electron chi connectivity index (χ2n) is 4.90. The lowest BCUT2D eigenvalue weighted by Crippen LogP contribution is -2.34. The highest BCUT2D eigenvalue weighted by Gasteiger charge is 2.23. The predicted molar refractivity (Wildman–Crippen MR) is 94.1 cm³/mol. The Morgan fingerprint density at radius 2 is 1.77 bits per heavy atom. The Balaban J connectivity index is 2.25. The fourth-order valence-corrected chi connectivity index (χ4v) is 2.54. The molecular formula is C18H14FNO5S. The van der Waals surface area contributed by atoms with Gasteiger partial charge in [-0.2, -0.15) is 13.5 Å². The minimum atomic E-state index is -2.94. The van der Waals surface area contributed by atoms with E-state index in [0.29, 0.717) is 5.75 Å². The lowest BCUT2D eigenvalue weighted by Gasteiger charge is -2.15. The van der Waals surface area contributed by atoms with E-state index in [-0.39, 0.29) is 22.9 Å². The molecule has 0 saturated heterocycles. The zero-order chi connectivity index (χ0) is 19.1. The molecule has 6 nitrogen and oxygen atoms in total. The summed E-state index contributed by atoms with van der Waals surface area (Å²) in [6, 6.07) is 10.1. The molecule has 0 atom stereocenters. The number of rotatable bonds is 5. The van der Waals surface area contributed by atoms with E-state index < -0.39 is 26.9 Å². The van der Waals surface area contributed by atoms with E-state index in [1.54, 1.807) is 6.92 Å². The van der Waals surface area contributed by atoms with Crippen LogP contribution in [0.5, 0.6) is 5.75 Å². The van der Waals surface area contributed by atoms with E-state index in [2.05, 4.69) is 11.8 Å². The molecule has 0 heterocycles. The van der Waals surface area contributed by atoms with Crippen LogP contribution in [0.4, 0.5) is 10.1 Å². The van der Waals surface area contributed by atoms with Crippen LogP contribution in [-0.2, 0) is 15.1 Å². The molecule has 0 aliphatic heterocycles. The minimum Gasteiger partial charge on any atom is -0.481 e. The largest absolute Gasteiger partial charge is 0.481 e. The topological polar surface area (TPSA) is 83.9 Å². The number of carbonyl (C=O) groups excluding carboxylic acids is 1. The van der Waals surface area contributed by atoms with Crippen molar-refractivity contribution in [3.63, 3.8) is 0 Å². The van der Waals surface area contributed by atoms with E-state index in [0.717, 1.165) is 24.3 Å². The second kappa shape index (κ2) is 8.80. The molecular weight excluding hydrogens is 361 g/mol. The third-order valence-corrected chi connectivity index (χ3v) is 3.97. The molecule has 8 heteroatoms. The van der Waals surface area contributed by atoms with Gasteiger partial charge >= 0.3 is 0 Å². The van der Waals surface area contributed by atoms with Crippen molar-refractivity contribution >= 4 is 26.8 Å². The number of benzene rings is 2. The summed E-state index contributed by atoms with van der Waals surface area (Å²) in [7, 11) is -2.94. The highest BCUT2D eigenvalue weighted by Crippen LogP contribution is 2.19. The van der Waals surface area contributed by atoms with Crippen molar-refractivity contribution in [2.45, 2.75) is 6.92 Å². The third kappa shape index (κ3) is 4.69. The fraction of sp³-hybridized carbons (Fsp3) is 0.111. The third-order valence-electron chi connectivity index (χ3n) is 3.23. The van der Waals surface area contributed by atoms with Crippen molar-refractivity contribution in [1.82, 2.24) is 0 Å². The number of hydrogen-bond acceptors (Lipinski definition) is 5. The summed E-state index contributed by atoms with van der Waals surface area (Å²) in [5, 5.41) is 10.3. The van der Waals surface area contributed by atoms with E-state index in [1.807, 2.05) is 0 Å². The van der Waals surface area contributed by atoms with Crippen molar-refractivity contribution in [2.24, 2.45) is 0 Å². The highest BCUT2D eigenvalue weighted by atomic mass is 32.2. The molecule has 2 rings (SSSR count). The van der Waals surface area contributed by atoms with Crippen molar-refractivity contribution in [2.75, 3.05) is 11.7 Å². The molecule has 2 aromatic rings. The van der Waals surface area contributed by atoms with Gasteiger partial charge in [0.1, 0.15) is 18.2 Å². The van der Waals surface area contributed by atoms with Gasteiger partial charge in [-0.25, -0.2) is 4.39 Å². The van der Waals surface area contributed by atoms with Gasteiger partial charge in [-0.3, -0.25) is 10.0 Å². The van der Waals surface area contributed by atoms with Gasteiger partial charge in [-0.05, 0) is 43.3 Å². The molecule has 0 aromatic heterocycles. The Morgan fingerprint density at radius 1 is 1.15 bits per heavy atom. The first-order chi connectivity index (χ1) is 12.4. The maximum atomic E-state index is 13.0. The quantitative estimate of drug-likeness (QED) is 0.284. The Hall–Kier alpha value is -3.15. The van der Waals surface area contributed by atoms with Crippen LogP contribution in [-0.4, -0.2) is 31.0 Å². The molecule has 0 saturated carbocycles. The minimum absolute atomic E-state index is 0.0361. The average molecular weight is 375 g/mol. The lowest BCUT2D eigenvalue weighted by molar-refractivity contribution is -0.116. The fourth-order valence-electron chi connectivity index (χ4n) is 1.98. The number of nitrogens with zero attached hydrogens (tertiary/aromatic N) is 1. The molecule has 0 radical (unpaired) electrons. The standard InChI is InChI=1S/C18H14FNO5S/c1-2-3-12-25-16-10-8-15(9-11-16)20(22)18(21)17(26(23)24)13-4-6-14(19)7-5-13/h4-11,22H,12H2,1H3. The predicted octanol–water partition coefficient (Wildman–Crippen LogP) is 2.05. The van der Waals surface area contributed by atoms with Gasteiger partial charge in [-0.1, -0.05) is 18.1 Å². The van der Waals surface area contributed by atoms with Crippen molar-refractivity contribution in [3.8, 4) is 17.6 Å². The van der Waals surface area contributed by atoms with Gasteiger partial charge in [0.25, 0.3) is 5.91 Å². The Labute approximate surface area is 150 Å². The lowest BCUT2D eigenvalue weighted by atomic mass is 10.1. The van der Waals surface area contributed by atoms with E-state index in [4.69, 9.17) is 4.74 Å². The smallest absolute Gasteiger partial charge is 0.298 e. The number of anilines is 1. The Morgan fingerprint density at radius 3 is 2.31 bits per heavy atom. The number of hydroxylamine groups is 1. The molecule has 0 fully saturated rings. The number of ether oxygens (including phenoxy) is 1. The number of amides is 1. The molecule has 1 amide bonds. The van der Waals surface area contributed by atoms with Crippen LogP contribution in [0, 0.1) is 17.7 Å². The molecule has 0 aliphatic carbocycles. The van der Waals surface area contributed by atoms with Crippen molar-refractivity contribution in [3.05, 3.63) is 59.9 Å². The van der Waals surface area contributed by atoms with Crippen molar-refractivity contribution < 1.29 is 27.5 Å². The van der Waals surface area contributed by atoms with E-state index in [1.165, 1.54) is 24.3 Å². The number of halogens is 1. The first kappa shape index (κ1) is 19.2. The summed E-state index contributed by atoms with van der Waals surface area (Å²) in [6.45, 7) is 1.87. The van der Waals surface area contributed by atoms with Crippen molar-refractivity contribution in [1.29, 1.82) is 0 Å². The number of hydrogen-bond donors (Lipinski definition) is 1. The molecule has 1 N–H and O–H groups in total. The normalized spacial score (nSPS) is 9.65. The zero-order valence-corrected chi connectivity index (χ0v) is 14.5. The van der Waals surface area contributed by atoms with Gasteiger partial charge in [-0.15, -0.1) is 5.92 Å². The summed E-state index contributed by atoms with van der Waals surface area (Å²) in [5.41, 5.74) is -0.00383. The molecule has 26 heavy (non-hydrogen) atoms. The molecule has 2 aromatic carbocycles.